The number of nitrogens with two attached hydrogens (primary N) is 1. The van der Waals surface area contributed by atoms with Gasteiger partial charge in [-0.15, -0.1) is 0 Å². The third-order valence-corrected chi connectivity index (χ3v) is 4.12. The Morgan fingerprint density at radius 2 is 1.46 bits per heavy atom. The van der Waals surface area contributed by atoms with Crippen molar-refractivity contribution in [2.24, 2.45) is 17.7 Å². The highest BCUT2D eigenvalue weighted by molar-refractivity contribution is 6.68. The number of halogens is 1. The van der Waals surface area contributed by atoms with E-state index in [4.69, 9.17) is 5.84 Å². The van der Waals surface area contributed by atoms with Crippen molar-refractivity contribution >= 4 is 23.3 Å². The summed E-state index contributed by atoms with van der Waals surface area (Å²) in [5, 5.41) is 0. The highest BCUT2D eigenvalue weighted by atomic mass is 19.1. The van der Waals surface area contributed by atoms with Crippen LogP contribution >= 0.6 is 0 Å². The minimum atomic E-state index is -0.744. The molecule has 0 bridgehead atoms. The molecule has 0 aliphatic heterocycles. The zero-order valence-electron chi connectivity index (χ0n) is 12.9. The number of hydrogen-bond acceptors (Lipinski definition) is 5. The molecular weight excluding hydrogens is 319 g/mol. The molecule has 3 rings (SSSR count). The monoisotopic (exact) mass is 338 g/mol. The Labute approximate surface area is 137 Å². The summed E-state index contributed by atoms with van der Waals surface area (Å²) in [5.41, 5.74) is 2.28. The van der Waals surface area contributed by atoms with Crippen LogP contribution in [0.3, 0.4) is 0 Å². The number of rotatable bonds is 1. The summed E-state index contributed by atoms with van der Waals surface area (Å²) in [6, 6.07) is 5.12. The molecule has 1 aromatic rings. The third kappa shape index (κ3) is 4.09. The van der Waals surface area contributed by atoms with Gasteiger partial charge >= 0.3 is 0 Å². The van der Waals surface area contributed by atoms with E-state index < -0.39 is 23.3 Å². The van der Waals surface area contributed by atoms with Crippen molar-refractivity contribution in [2.75, 3.05) is 0 Å². The highest BCUT2D eigenvalue weighted by Gasteiger charge is 2.48. The van der Waals surface area contributed by atoms with Gasteiger partial charge in [-0.3, -0.25) is 24.6 Å². The molecule has 7 nitrogen and oxygen atoms in total. The second-order valence-corrected chi connectivity index (χ2v) is 5.54. The van der Waals surface area contributed by atoms with Crippen LogP contribution in [0, 0.1) is 17.7 Å². The number of benzene rings is 1. The maximum atomic E-state index is 12.3. The average molecular weight is 338 g/mol. The first kappa shape index (κ1) is 19.6. The molecule has 0 aromatic heterocycles. The number of amides is 1. The number of hydrazine groups is 1. The largest absolute Gasteiger partial charge is 0.412 e. The Morgan fingerprint density at radius 3 is 1.88 bits per heavy atom. The minimum Gasteiger partial charge on any atom is -0.412 e. The lowest BCUT2D eigenvalue weighted by Crippen LogP contribution is -2.29. The standard InChI is InChI=1S/C9H10O3.C7H7FN2O.H2O/c10-7-5-3-1-2-4-6(5)8(11)9(7)12;8-6-3-1-5(2-4-6)7(11)10-9;/h5-6H,1-4H2;1-4H,9H2,(H,10,11);1H2. The van der Waals surface area contributed by atoms with E-state index in [1.807, 2.05) is 5.43 Å². The van der Waals surface area contributed by atoms with Crippen LogP contribution in [0.1, 0.15) is 36.0 Å². The van der Waals surface area contributed by atoms with Crippen LogP contribution in [0.25, 0.3) is 0 Å². The lowest BCUT2D eigenvalue weighted by molar-refractivity contribution is -0.141. The summed E-state index contributed by atoms with van der Waals surface area (Å²) >= 11 is 0. The van der Waals surface area contributed by atoms with E-state index in [-0.39, 0.29) is 23.1 Å². The van der Waals surface area contributed by atoms with Crippen molar-refractivity contribution in [3.63, 3.8) is 0 Å². The fourth-order valence-corrected chi connectivity index (χ4v) is 2.90. The molecular formula is C16H19FN2O5. The van der Waals surface area contributed by atoms with Gasteiger partial charge in [0.1, 0.15) is 5.82 Å². The van der Waals surface area contributed by atoms with Crippen LogP contribution in [-0.4, -0.2) is 28.7 Å². The van der Waals surface area contributed by atoms with Crippen LogP contribution in [0.4, 0.5) is 4.39 Å². The van der Waals surface area contributed by atoms with E-state index in [2.05, 4.69) is 0 Å². The fourth-order valence-electron chi connectivity index (χ4n) is 2.90. The Morgan fingerprint density at radius 1 is 1.00 bits per heavy atom. The first-order chi connectivity index (χ1) is 11.0. The van der Waals surface area contributed by atoms with E-state index in [0.717, 1.165) is 25.7 Å². The molecule has 0 saturated heterocycles. The van der Waals surface area contributed by atoms with Crippen LogP contribution in [0.15, 0.2) is 24.3 Å². The zero-order chi connectivity index (χ0) is 17.0. The number of Topliss-reactive ketones (excluding diaryl/α,β-unsaturated/α-hetero) is 3. The lowest BCUT2D eigenvalue weighted by atomic mass is 9.81. The molecule has 2 saturated carbocycles. The van der Waals surface area contributed by atoms with Gasteiger partial charge in [0.15, 0.2) is 0 Å². The van der Waals surface area contributed by atoms with E-state index in [1.165, 1.54) is 24.3 Å². The molecule has 2 aliphatic rings. The van der Waals surface area contributed by atoms with Gasteiger partial charge in [-0.25, -0.2) is 10.2 Å². The Kier molecular flexibility index (Phi) is 6.87. The highest BCUT2D eigenvalue weighted by Crippen LogP contribution is 2.36. The number of carbonyl (C=O) groups excluding carboxylic acids is 4. The predicted octanol–water partition coefficient (Wildman–Crippen LogP) is 0.118. The van der Waals surface area contributed by atoms with Crippen molar-refractivity contribution in [1.82, 2.24) is 5.43 Å². The van der Waals surface area contributed by atoms with Crippen molar-refractivity contribution in [3.8, 4) is 0 Å². The topological polar surface area (TPSA) is 138 Å². The van der Waals surface area contributed by atoms with E-state index in [1.54, 1.807) is 0 Å². The maximum Gasteiger partial charge on any atom is 0.265 e. The normalized spacial score (nSPS) is 22.0. The second kappa shape index (κ2) is 8.42. The molecule has 2 unspecified atom stereocenters. The molecule has 0 heterocycles. The van der Waals surface area contributed by atoms with Crippen LogP contribution in [0.5, 0.6) is 0 Å². The van der Waals surface area contributed by atoms with Crippen molar-refractivity contribution in [2.45, 2.75) is 25.7 Å². The Hall–Kier alpha value is -2.45. The number of carbonyl (C=O) groups is 4. The lowest BCUT2D eigenvalue weighted by Gasteiger charge is -2.20. The van der Waals surface area contributed by atoms with E-state index >= 15 is 0 Å². The fraction of sp³-hybridized carbons (Fsp3) is 0.375. The van der Waals surface area contributed by atoms with Crippen molar-refractivity contribution in [1.29, 1.82) is 0 Å². The molecule has 130 valence electrons. The number of nitrogen functional groups attached to an aromatic ring is 1. The van der Waals surface area contributed by atoms with E-state index in [9.17, 15) is 23.6 Å². The molecule has 1 aromatic carbocycles. The van der Waals surface area contributed by atoms with Crippen molar-refractivity contribution < 1.29 is 29.0 Å². The number of hydrogen-bond donors (Lipinski definition) is 2. The summed E-state index contributed by atoms with van der Waals surface area (Å²) in [7, 11) is 0. The molecule has 2 atom stereocenters. The number of nitrogens with one attached hydrogen (secondary N) is 1. The van der Waals surface area contributed by atoms with Gasteiger partial charge in [0.05, 0.1) is 0 Å². The van der Waals surface area contributed by atoms with Crippen LogP contribution < -0.4 is 11.3 Å². The molecule has 2 aliphatic carbocycles. The first-order valence-corrected chi connectivity index (χ1v) is 7.34. The maximum absolute atomic E-state index is 12.3. The number of fused-ring (bicyclic) bond motifs is 1. The minimum absolute atomic E-state index is 0. The Balaban J connectivity index is 0.000000232. The summed E-state index contributed by atoms with van der Waals surface area (Å²) in [4.78, 5) is 44.1. The van der Waals surface area contributed by atoms with Gasteiger partial charge in [-0.1, -0.05) is 12.8 Å². The summed E-state index contributed by atoms with van der Waals surface area (Å²) in [5.74, 6) is 1.95. The smallest absolute Gasteiger partial charge is 0.265 e. The Bertz CT molecular complexity index is 618. The summed E-state index contributed by atoms with van der Waals surface area (Å²) in [6.45, 7) is 0. The second-order valence-electron chi connectivity index (χ2n) is 5.54. The third-order valence-electron chi connectivity index (χ3n) is 4.12. The van der Waals surface area contributed by atoms with Gasteiger partial charge in [0.25, 0.3) is 11.7 Å². The van der Waals surface area contributed by atoms with Gasteiger partial charge < -0.3 is 5.48 Å². The predicted molar refractivity (Wildman–Crippen MR) is 82.1 cm³/mol. The van der Waals surface area contributed by atoms with E-state index in [0.29, 0.717) is 5.56 Å². The molecule has 0 spiro atoms. The summed E-state index contributed by atoms with van der Waals surface area (Å²) in [6.07, 6.45) is 3.43. The molecule has 5 N–H and O–H groups in total. The van der Waals surface area contributed by atoms with Crippen molar-refractivity contribution in [3.05, 3.63) is 35.6 Å². The van der Waals surface area contributed by atoms with Crippen LogP contribution in [0.2, 0.25) is 0 Å². The first-order valence-electron chi connectivity index (χ1n) is 7.34. The molecule has 2 fully saturated rings. The van der Waals surface area contributed by atoms with Crippen LogP contribution in [-0.2, 0) is 14.4 Å². The van der Waals surface area contributed by atoms with Gasteiger partial charge in [0.2, 0.25) is 11.6 Å². The molecule has 1 amide bonds. The molecule has 0 radical (unpaired) electrons. The molecule has 8 heteroatoms. The SMILES string of the molecule is NNC(=O)c1ccc(F)cc1.O.O=C1C(=O)C2CCCCC2C1=O. The quantitative estimate of drug-likeness (QED) is 0.324. The summed E-state index contributed by atoms with van der Waals surface area (Å²) < 4.78 is 12.3. The molecule has 24 heavy (non-hydrogen) atoms. The average Bonchev–Trinajstić information content (AvgIpc) is 2.80. The van der Waals surface area contributed by atoms with Gasteiger partial charge in [-0.2, -0.15) is 0 Å². The van der Waals surface area contributed by atoms with Gasteiger partial charge in [-0.05, 0) is 37.1 Å². The zero-order valence-corrected chi connectivity index (χ0v) is 12.9. The van der Waals surface area contributed by atoms with Gasteiger partial charge in [0, 0.05) is 17.4 Å². The number of ketones is 3.